The summed E-state index contributed by atoms with van der Waals surface area (Å²) in [5.41, 5.74) is 1.28. The van der Waals surface area contributed by atoms with Gasteiger partial charge in [0, 0.05) is 11.6 Å². The number of hydrogen-bond acceptors (Lipinski definition) is 2. The second-order valence-electron chi connectivity index (χ2n) is 2.35. The minimum atomic E-state index is 0. The minimum absolute atomic E-state index is 0. The van der Waals surface area contributed by atoms with Crippen LogP contribution < -0.4 is 5.32 Å². The molecule has 0 bridgehead atoms. The zero-order chi connectivity index (χ0) is 6.10. The van der Waals surface area contributed by atoms with Gasteiger partial charge in [0.15, 0.2) is 0 Å². The first-order valence-electron chi connectivity index (χ1n) is 3.22. The number of furan rings is 1. The van der Waals surface area contributed by atoms with Gasteiger partial charge in [0.05, 0.1) is 12.5 Å². The molecule has 1 aromatic heterocycles. The van der Waals surface area contributed by atoms with Crippen LogP contribution in [0.4, 0.5) is 0 Å². The Hall–Kier alpha value is -0.470. The Kier molecular flexibility index (Phi) is 2.35. The van der Waals surface area contributed by atoms with E-state index in [1.807, 2.05) is 6.07 Å². The topological polar surface area (TPSA) is 25.2 Å². The van der Waals surface area contributed by atoms with Gasteiger partial charge >= 0.3 is 0 Å². The lowest BCUT2D eigenvalue weighted by molar-refractivity contribution is 0.380. The molecule has 0 aromatic carbocycles. The Morgan fingerprint density at radius 3 is 2.80 bits per heavy atom. The Labute approximate surface area is 66.0 Å². The molecule has 2 nitrogen and oxygen atoms in total. The van der Waals surface area contributed by atoms with Gasteiger partial charge in [0.25, 0.3) is 0 Å². The van der Waals surface area contributed by atoms with E-state index in [-0.39, 0.29) is 12.4 Å². The number of hydrogen-bond donors (Lipinski definition) is 1. The molecule has 56 valence electrons. The summed E-state index contributed by atoms with van der Waals surface area (Å²) in [5.74, 6) is 0. The standard InChI is InChI=1S/C7H9NO.ClH/c1-3-8-7(1)6-2-4-9-5-6;/h2,4-5,7-8H,1,3H2;1H/t7-;/m1./s1. The summed E-state index contributed by atoms with van der Waals surface area (Å²) in [6, 6.07) is 2.58. The minimum Gasteiger partial charge on any atom is -0.472 e. The van der Waals surface area contributed by atoms with Gasteiger partial charge in [0.1, 0.15) is 0 Å². The van der Waals surface area contributed by atoms with E-state index in [0.29, 0.717) is 6.04 Å². The van der Waals surface area contributed by atoms with Crippen molar-refractivity contribution in [2.45, 2.75) is 12.5 Å². The first-order valence-corrected chi connectivity index (χ1v) is 3.22. The van der Waals surface area contributed by atoms with Gasteiger partial charge in [0.2, 0.25) is 0 Å². The molecule has 3 heteroatoms. The summed E-state index contributed by atoms with van der Waals surface area (Å²) in [6.45, 7) is 1.15. The quantitative estimate of drug-likeness (QED) is 0.675. The van der Waals surface area contributed by atoms with Crippen molar-refractivity contribution >= 4 is 12.4 Å². The summed E-state index contributed by atoms with van der Waals surface area (Å²) >= 11 is 0. The van der Waals surface area contributed by atoms with Gasteiger partial charge in [-0.3, -0.25) is 0 Å². The molecule has 2 heterocycles. The fraction of sp³-hybridized carbons (Fsp3) is 0.429. The van der Waals surface area contributed by atoms with Crippen LogP contribution in [0.2, 0.25) is 0 Å². The van der Waals surface area contributed by atoms with Crippen LogP contribution in [0.25, 0.3) is 0 Å². The van der Waals surface area contributed by atoms with Gasteiger partial charge < -0.3 is 9.73 Å². The highest BCUT2D eigenvalue weighted by molar-refractivity contribution is 5.85. The second kappa shape index (κ2) is 3.08. The SMILES string of the molecule is Cl.c1cc([C@H]2CCN2)co1. The number of rotatable bonds is 1. The van der Waals surface area contributed by atoms with Crippen LogP contribution in [0.1, 0.15) is 18.0 Å². The van der Waals surface area contributed by atoms with Crippen molar-refractivity contribution in [3.8, 4) is 0 Å². The molecule has 0 saturated carbocycles. The van der Waals surface area contributed by atoms with Crippen molar-refractivity contribution in [2.24, 2.45) is 0 Å². The van der Waals surface area contributed by atoms with E-state index in [1.54, 1.807) is 12.5 Å². The fourth-order valence-corrected chi connectivity index (χ4v) is 1.05. The van der Waals surface area contributed by atoms with Crippen LogP contribution in [0.15, 0.2) is 23.0 Å². The molecule has 0 radical (unpaired) electrons. The third-order valence-electron chi connectivity index (χ3n) is 1.77. The lowest BCUT2D eigenvalue weighted by Gasteiger charge is -2.26. The molecule has 1 aliphatic rings. The smallest absolute Gasteiger partial charge is 0.0950 e. The van der Waals surface area contributed by atoms with Crippen LogP contribution in [-0.2, 0) is 0 Å². The maximum atomic E-state index is 4.93. The Bertz CT molecular complexity index is 181. The normalized spacial score (nSPS) is 23.0. The van der Waals surface area contributed by atoms with Gasteiger partial charge in [-0.15, -0.1) is 12.4 Å². The summed E-state index contributed by atoms with van der Waals surface area (Å²) < 4.78 is 4.93. The average molecular weight is 160 g/mol. The van der Waals surface area contributed by atoms with Crippen LogP contribution in [-0.4, -0.2) is 6.54 Å². The molecule has 1 aliphatic heterocycles. The van der Waals surface area contributed by atoms with E-state index in [9.17, 15) is 0 Å². The Balaban J connectivity index is 0.000000500. The summed E-state index contributed by atoms with van der Waals surface area (Å²) in [6.07, 6.45) is 4.77. The molecule has 10 heavy (non-hydrogen) atoms. The van der Waals surface area contributed by atoms with Crippen LogP contribution in [0.3, 0.4) is 0 Å². The van der Waals surface area contributed by atoms with E-state index in [2.05, 4.69) is 5.32 Å². The summed E-state index contributed by atoms with van der Waals surface area (Å²) in [5, 5.41) is 3.29. The third-order valence-corrected chi connectivity index (χ3v) is 1.77. The summed E-state index contributed by atoms with van der Waals surface area (Å²) in [7, 11) is 0. The first kappa shape index (κ1) is 7.63. The highest BCUT2D eigenvalue weighted by atomic mass is 35.5. The molecule has 1 N–H and O–H groups in total. The van der Waals surface area contributed by atoms with E-state index in [0.717, 1.165) is 6.54 Å². The van der Waals surface area contributed by atoms with Crippen LogP contribution in [0.5, 0.6) is 0 Å². The third kappa shape index (κ3) is 1.18. The molecule has 1 aromatic rings. The number of nitrogens with one attached hydrogen (secondary N) is 1. The molecular weight excluding hydrogens is 150 g/mol. The van der Waals surface area contributed by atoms with E-state index < -0.39 is 0 Å². The molecule has 0 unspecified atom stereocenters. The van der Waals surface area contributed by atoms with Crippen LogP contribution in [0, 0.1) is 0 Å². The lowest BCUT2D eigenvalue weighted by Crippen LogP contribution is -2.34. The Morgan fingerprint density at radius 2 is 2.40 bits per heavy atom. The predicted octanol–water partition coefficient (Wildman–Crippen LogP) is 1.74. The van der Waals surface area contributed by atoms with Crippen molar-refractivity contribution in [2.75, 3.05) is 6.54 Å². The van der Waals surface area contributed by atoms with Crippen LogP contribution >= 0.6 is 12.4 Å². The van der Waals surface area contributed by atoms with E-state index in [1.165, 1.54) is 12.0 Å². The first-order chi connectivity index (χ1) is 4.47. The molecule has 1 saturated heterocycles. The predicted molar refractivity (Wildman–Crippen MR) is 41.3 cm³/mol. The average Bonchev–Trinajstić information content (AvgIpc) is 2.11. The zero-order valence-corrected chi connectivity index (χ0v) is 6.36. The largest absolute Gasteiger partial charge is 0.472 e. The molecule has 2 rings (SSSR count). The van der Waals surface area contributed by atoms with E-state index >= 15 is 0 Å². The molecule has 0 aliphatic carbocycles. The zero-order valence-electron chi connectivity index (χ0n) is 5.54. The molecule has 1 fully saturated rings. The monoisotopic (exact) mass is 159 g/mol. The molecular formula is C7H10ClNO. The maximum absolute atomic E-state index is 4.93. The van der Waals surface area contributed by atoms with Crippen molar-refractivity contribution in [3.63, 3.8) is 0 Å². The van der Waals surface area contributed by atoms with Gasteiger partial charge in [-0.2, -0.15) is 0 Å². The molecule has 0 amide bonds. The van der Waals surface area contributed by atoms with Gasteiger partial charge in [-0.1, -0.05) is 0 Å². The molecule has 0 spiro atoms. The fourth-order valence-electron chi connectivity index (χ4n) is 1.05. The molecule has 1 atom stereocenters. The second-order valence-corrected chi connectivity index (χ2v) is 2.35. The Morgan fingerprint density at radius 1 is 1.60 bits per heavy atom. The van der Waals surface area contributed by atoms with Crippen molar-refractivity contribution in [1.82, 2.24) is 5.32 Å². The highest BCUT2D eigenvalue weighted by Gasteiger charge is 2.18. The maximum Gasteiger partial charge on any atom is 0.0950 e. The van der Waals surface area contributed by atoms with Gasteiger partial charge in [-0.05, 0) is 19.0 Å². The summed E-state index contributed by atoms with van der Waals surface area (Å²) in [4.78, 5) is 0. The van der Waals surface area contributed by atoms with Crippen molar-refractivity contribution < 1.29 is 4.42 Å². The lowest BCUT2D eigenvalue weighted by atomic mass is 10.0. The van der Waals surface area contributed by atoms with Crippen molar-refractivity contribution in [1.29, 1.82) is 0 Å². The van der Waals surface area contributed by atoms with Crippen molar-refractivity contribution in [3.05, 3.63) is 24.2 Å². The number of halogens is 1. The van der Waals surface area contributed by atoms with E-state index in [4.69, 9.17) is 4.42 Å². The van der Waals surface area contributed by atoms with Gasteiger partial charge in [-0.25, -0.2) is 0 Å². The highest BCUT2D eigenvalue weighted by Crippen LogP contribution is 2.22.